The summed E-state index contributed by atoms with van der Waals surface area (Å²) in [6, 6.07) is 19.3. The zero-order valence-electron chi connectivity index (χ0n) is 14.6. The van der Waals surface area contributed by atoms with E-state index in [0.717, 1.165) is 12.8 Å². The lowest BCUT2D eigenvalue weighted by Gasteiger charge is -1.98. The van der Waals surface area contributed by atoms with Crippen LogP contribution in [0, 0.1) is 11.8 Å². The van der Waals surface area contributed by atoms with Crippen LogP contribution in [-0.2, 0) is 0 Å². The van der Waals surface area contributed by atoms with Crippen molar-refractivity contribution in [3.05, 3.63) is 82.8 Å². The molecule has 25 heavy (non-hydrogen) atoms. The molecule has 1 N–H and O–H groups in total. The number of aryl methyl sites for hydroxylation is 1. The molecular formula is C22H23NO2. The minimum atomic E-state index is 0.171. The molecule has 128 valence electrons. The van der Waals surface area contributed by atoms with Crippen LogP contribution in [0.15, 0.2) is 71.9 Å². The molecule has 0 atom stereocenters. The Morgan fingerprint density at radius 1 is 1.04 bits per heavy atom. The van der Waals surface area contributed by atoms with Crippen LogP contribution in [0.1, 0.15) is 30.9 Å². The quantitative estimate of drug-likeness (QED) is 0.537. The normalized spacial score (nSPS) is 10.5. The second-order valence-electron chi connectivity index (χ2n) is 5.82. The maximum Gasteiger partial charge on any atom is 0.122 e. The lowest BCUT2D eigenvalue weighted by atomic mass is 10.1. The van der Waals surface area contributed by atoms with Crippen molar-refractivity contribution in [2.75, 3.05) is 0 Å². The molecule has 0 fully saturated rings. The Hall–Kier alpha value is -2.94. The Morgan fingerprint density at radius 2 is 1.80 bits per heavy atom. The van der Waals surface area contributed by atoms with E-state index in [9.17, 15) is 10.0 Å². The molecule has 0 radical (unpaired) electrons. The van der Waals surface area contributed by atoms with Gasteiger partial charge in [-0.3, -0.25) is 0 Å². The fourth-order valence-corrected chi connectivity index (χ4v) is 2.50. The van der Waals surface area contributed by atoms with Crippen molar-refractivity contribution < 1.29 is 5.11 Å². The Morgan fingerprint density at radius 3 is 2.52 bits per heavy atom. The maximum absolute atomic E-state index is 10.2. The predicted molar refractivity (Wildman–Crippen MR) is 106 cm³/mol. The van der Waals surface area contributed by atoms with E-state index in [0.29, 0.717) is 11.3 Å². The molecule has 3 rings (SSSR count). The minimum Gasteiger partial charge on any atom is -0.507 e. The van der Waals surface area contributed by atoms with E-state index in [1.54, 1.807) is 12.1 Å². The van der Waals surface area contributed by atoms with E-state index in [1.807, 2.05) is 6.08 Å². The van der Waals surface area contributed by atoms with Gasteiger partial charge in [0.2, 0.25) is 0 Å². The number of hydrogen-bond donors (Lipinski definition) is 1. The van der Waals surface area contributed by atoms with E-state index in [-0.39, 0.29) is 5.75 Å². The number of phenols is 1. The third kappa shape index (κ3) is 5.28. The first-order chi connectivity index (χ1) is 12.2. The largest absolute Gasteiger partial charge is 0.507 e. The fourth-order valence-electron chi connectivity index (χ4n) is 2.50. The lowest BCUT2D eigenvalue weighted by molar-refractivity contribution is 0.474. The second kappa shape index (κ2) is 9.38. The van der Waals surface area contributed by atoms with Crippen LogP contribution >= 0.6 is 0 Å². The number of fused-ring (bicyclic) bond motifs is 1. The van der Waals surface area contributed by atoms with E-state index in [1.165, 1.54) is 28.5 Å². The van der Waals surface area contributed by atoms with Crippen molar-refractivity contribution in [3.63, 3.8) is 0 Å². The van der Waals surface area contributed by atoms with Crippen LogP contribution < -0.4 is 0 Å². The Bertz CT molecular complexity index is 864. The summed E-state index contributed by atoms with van der Waals surface area (Å²) in [6.45, 7) is 4.22. The first-order valence-corrected chi connectivity index (χ1v) is 8.43. The molecule has 0 aliphatic rings. The highest BCUT2D eigenvalue weighted by molar-refractivity contribution is 5.85. The van der Waals surface area contributed by atoms with Gasteiger partial charge in [-0.25, -0.2) is 0 Å². The van der Waals surface area contributed by atoms with Gasteiger partial charge >= 0.3 is 0 Å². The van der Waals surface area contributed by atoms with E-state index in [4.69, 9.17) is 0 Å². The summed E-state index contributed by atoms with van der Waals surface area (Å²) >= 11 is 0. The number of phenolic OH excluding ortho intramolecular Hbond substituents is 1. The number of benzene rings is 3. The lowest BCUT2D eigenvalue weighted by Crippen LogP contribution is -1.75. The second-order valence-corrected chi connectivity index (χ2v) is 5.82. The van der Waals surface area contributed by atoms with Gasteiger partial charge in [0.1, 0.15) is 11.4 Å². The standard InChI is InChI=1S/C11H13NO2.C11H10/c1-2-3-4-5-9-8-10(12-14)6-7-11(9)13;1-9-5-4-7-10-6-2-3-8-11(9)10/h4-8,13H,2-3H2,1H3;2-8H,1H3/b5-4-;. The summed E-state index contributed by atoms with van der Waals surface area (Å²) in [5.41, 5.74) is 2.32. The third-order valence-corrected chi connectivity index (χ3v) is 3.88. The van der Waals surface area contributed by atoms with Gasteiger partial charge in [0.15, 0.2) is 0 Å². The summed E-state index contributed by atoms with van der Waals surface area (Å²) < 4.78 is 0. The number of rotatable bonds is 4. The Balaban J connectivity index is 0.000000185. The molecule has 3 aromatic rings. The van der Waals surface area contributed by atoms with Gasteiger partial charge in [-0.15, -0.1) is 4.91 Å². The molecule has 0 saturated carbocycles. The number of hydrogen-bond acceptors (Lipinski definition) is 3. The number of nitroso groups, excluding NO2 is 1. The fraction of sp³-hybridized carbons (Fsp3) is 0.182. The van der Waals surface area contributed by atoms with Gasteiger partial charge in [-0.2, -0.15) is 0 Å². The molecule has 3 nitrogen and oxygen atoms in total. The highest BCUT2D eigenvalue weighted by Gasteiger charge is 1.99. The average molecular weight is 333 g/mol. The van der Waals surface area contributed by atoms with Crippen LogP contribution in [0.25, 0.3) is 16.8 Å². The van der Waals surface area contributed by atoms with Crippen LogP contribution in [-0.4, -0.2) is 5.11 Å². The number of allylic oxidation sites excluding steroid dienone is 1. The molecule has 0 saturated heterocycles. The van der Waals surface area contributed by atoms with Crippen molar-refractivity contribution in [1.29, 1.82) is 0 Å². The molecule has 0 aromatic heterocycles. The van der Waals surface area contributed by atoms with Crippen molar-refractivity contribution >= 4 is 22.5 Å². The van der Waals surface area contributed by atoms with E-state index in [2.05, 4.69) is 61.5 Å². The first-order valence-electron chi connectivity index (χ1n) is 8.43. The summed E-state index contributed by atoms with van der Waals surface area (Å²) in [6.07, 6.45) is 5.78. The zero-order valence-corrected chi connectivity index (χ0v) is 14.6. The van der Waals surface area contributed by atoms with Crippen LogP contribution in [0.5, 0.6) is 5.75 Å². The Kier molecular flexibility index (Phi) is 6.90. The number of unbranched alkanes of at least 4 members (excludes halogenated alkanes) is 1. The first kappa shape index (κ1) is 18.4. The molecule has 0 bridgehead atoms. The van der Waals surface area contributed by atoms with Crippen LogP contribution in [0.2, 0.25) is 0 Å². The number of aromatic hydroxyl groups is 1. The third-order valence-electron chi connectivity index (χ3n) is 3.88. The predicted octanol–water partition coefficient (Wildman–Crippen LogP) is 6.75. The zero-order chi connectivity index (χ0) is 18.1. The highest BCUT2D eigenvalue weighted by atomic mass is 16.3. The smallest absolute Gasteiger partial charge is 0.122 e. The van der Waals surface area contributed by atoms with Gasteiger partial charge < -0.3 is 5.11 Å². The molecule has 0 amide bonds. The molecular weight excluding hydrogens is 310 g/mol. The highest BCUT2D eigenvalue weighted by Crippen LogP contribution is 2.24. The van der Waals surface area contributed by atoms with Crippen molar-refractivity contribution in [1.82, 2.24) is 0 Å². The summed E-state index contributed by atoms with van der Waals surface area (Å²) in [5.74, 6) is 0.171. The van der Waals surface area contributed by atoms with E-state index < -0.39 is 0 Å². The van der Waals surface area contributed by atoms with Gasteiger partial charge in [-0.05, 0) is 53.1 Å². The molecule has 3 heteroatoms. The average Bonchev–Trinajstić information content (AvgIpc) is 2.64. The maximum atomic E-state index is 10.2. The van der Waals surface area contributed by atoms with Gasteiger partial charge in [0.25, 0.3) is 0 Å². The molecule has 0 aliphatic heterocycles. The Labute approximate surface area is 148 Å². The summed E-state index contributed by atoms with van der Waals surface area (Å²) in [5, 5.41) is 14.9. The van der Waals surface area contributed by atoms with Crippen molar-refractivity contribution in [3.8, 4) is 5.75 Å². The molecule has 0 spiro atoms. The minimum absolute atomic E-state index is 0.171. The summed E-state index contributed by atoms with van der Waals surface area (Å²) in [7, 11) is 0. The van der Waals surface area contributed by atoms with Gasteiger partial charge in [-0.1, -0.05) is 68.0 Å². The van der Waals surface area contributed by atoms with Crippen molar-refractivity contribution in [2.24, 2.45) is 5.18 Å². The molecule has 0 unspecified atom stereocenters. The molecule has 0 heterocycles. The van der Waals surface area contributed by atoms with Crippen LogP contribution in [0.3, 0.4) is 0 Å². The van der Waals surface area contributed by atoms with Crippen molar-refractivity contribution in [2.45, 2.75) is 26.7 Å². The molecule has 3 aromatic carbocycles. The van der Waals surface area contributed by atoms with E-state index >= 15 is 0 Å². The van der Waals surface area contributed by atoms with Gasteiger partial charge in [0.05, 0.1) is 0 Å². The SMILES string of the molecule is CCC/C=C\c1cc(N=O)ccc1O.Cc1cccc2ccccc12. The number of nitrogens with zero attached hydrogens (tertiary/aromatic N) is 1. The monoisotopic (exact) mass is 333 g/mol. The topological polar surface area (TPSA) is 49.7 Å². The summed E-state index contributed by atoms with van der Waals surface area (Å²) in [4.78, 5) is 10.2. The molecule has 0 aliphatic carbocycles. The van der Waals surface area contributed by atoms with Crippen LogP contribution in [0.4, 0.5) is 5.69 Å². The van der Waals surface area contributed by atoms with Gasteiger partial charge in [0, 0.05) is 5.56 Å².